The third-order valence-electron chi connectivity index (χ3n) is 0.599. The van der Waals surface area contributed by atoms with Crippen LogP contribution in [0.2, 0.25) is 0 Å². The molecule has 5 nitrogen and oxygen atoms in total. The predicted molar refractivity (Wildman–Crippen MR) is 43.4 cm³/mol. The maximum Gasteiger partial charge on any atom is 0.201 e. The summed E-state index contributed by atoms with van der Waals surface area (Å²) >= 11 is 4.69. The van der Waals surface area contributed by atoms with E-state index >= 15 is 0 Å². The van der Waals surface area contributed by atoms with E-state index in [1.54, 1.807) is 7.11 Å². The van der Waals surface area contributed by atoms with E-state index in [-0.39, 0.29) is 0 Å². The Morgan fingerprint density at radius 3 is 3.00 bits per heavy atom. The summed E-state index contributed by atoms with van der Waals surface area (Å²) in [6, 6.07) is 0. The third-order valence-corrected chi connectivity index (χ3v) is 0.792. The van der Waals surface area contributed by atoms with E-state index in [4.69, 9.17) is 12.2 Å². The molecule has 3 N–H and O–H groups in total. The highest BCUT2D eigenvalue weighted by molar-refractivity contribution is 7.80. The van der Waals surface area contributed by atoms with Gasteiger partial charge < -0.3 is 4.74 Å². The molecule has 0 saturated carbocycles. The molecule has 0 atom stereocenters. The third kappa shape index (κ3) is 5.42. The van der Waals surface area contributed by atoms with E-state index in [1.807, 2.05) is 0 Å². The largest absolute Gasteiger partial charge is 0.368 e. The highest BCUT2D eigenvalue weighted by atomic mass is 32.1. The lowest BCUT2D eigenvalue weighted by molar-refractivity contribution is 0.169. The van der Waals surface area contributed by atoms with Crippen LogP contribution in [0.4, 0.5) is 0 Å². The molecule has 0 radical (unpaired) electrons. The molecule has 0 unspecified atom stereocenters. The fourth-order valence-corrected chi connectivity index (χ4v) is 0.425. The Kier molecular flexibility index (Phi) is 5.94. The highest BCUT2D eigenvalue weighted by Crippen LogP contribution is 1.61. The number of nitrogens with one attached hydrogen (secondary N) is 3. The van der Waals surface area contributed by atoms with Crippen molar-refractivity contribution in [3.05, 3.63) is 0 Å². The van der Waals surface area contributed by atoms with Crippen LogP contribution >= 0.6 is 12.2 Å². The minimum Gasteiger partial charge on any atom is -0.368 e. The molecule has 0 amide bonds. The van der Waals surface area contributed by atoms with Crippen molar-refractivity contribution in [3.63, 3.8) is 0 Å². The average molecular weight is 162 g/mol. The fraction of sp³-hybridized carbons (Fsp3) is 0.500. The number of hydrogen-bond donors (Lipinski definition) is 3. The van der Waals surface area contributed by atoms with E-state index in [0.29, 0.717) is 11.8 Å². The molecular formula is C4H10N4OS. The molecule has 0 fully saturated rings. The highest BCUT2D eigenvalue weighted by Gasteiger charge is 1.87. The molecule has 0 bridgehead atoms. The van der Waals surface area contributed by atoms with Crippen LogP contribution < -0.4 is 16.3 Å². The Morgan fingerprint density at radius 1 is 1.80 bits per heavy atom. The van der Waals surface area contributed by atoms with Gasteiger partial charge in [0, 0.05) is 13.8 Å². The molecule has 0 aliphatic heterocycles. The molecular weight excluding hydrogens is 152 g/mol. The van der Waals surface area contributed by atoms with Gasteiger partial charge in [-0.1, -0.05) is 0 Å². The van der Waals surface area contributed by atoms with E-state index in [0.717, 1.165) is 0 Å². The fourth-order valence-electron chi connectivity index (χ4n) is 0.288. The molecule has 6 heteroatoms. The zero-order valence-corrected chi connectivity index (χ0v) is 6.49. The molecule has 0 aliphatic carbocycles. The van der Waals surface area contributed by atoms with Crippen molar-refractivity contribution in [3.8, 4) is 0 Å². The first-order valence-corrected chi connectivity index (χ1v) is 2.95. The van der Waals surface area contributed by atoms with Crippen molar-refractivity contribution in [1.82, 2.24) is 16.3 Å². The van der Waals surface area contributed by atoms with E-state index < -0.39 is 0 Å². The summed E-state index contributed by atoms with van der Waals surface area (Å²) in [5.74, 6) is 0. The summed E-state index contributed by atoms with van der Waals surface area (Å²) in [5.41, 5.74) is 7.67. The van der Waals surface area contributed by atoms with Crippen LogP contribution in [0.3, 0.4) is 0 Å². The molecule has 0 aliphatic rings. The maximum atomic E-state index is 4.69. The Labute approximate surface area is 64.8 Å². The van der Waals surface area contributed by atoms with Crippen LogP contribution in [0.15, 0.2) is 5.10 Å². The maximum absolute atomic E-state index is 4.69. The van der Waals surface area contributed by atoms with Gasteiger partial charge in [0.1, 0.15) is 6.73 Å². The molecule has 0 rings (SSSR count). The number of ether oxygens (including phenoxy) is 1. The quantitative estimate of drug-likeness (QED) is 0.166. The number of rotatable bonds is 4. The molecule has 0 aromatic carbocycles. The smallest absolute Gasteiger partial charge is 0.201 e. The Morgan fingerprint density at radius 2 is 2.50 bits per heavy atom. The van der Waals surface area contributed by atoms with Gasteiger partial charge in [-0.3, -0.25) is 10.9 Å². The topological polar surface area (TPSA) is 57.7 Å². The number of nitrogens with zero attached hydrogens (tertiary/aromatic N) is 1. The summed E-state index contributed by atoms with van der Waals surface area (Å²) in [7, 11) is 1.57. The first kappa shape index (κ1) is 9.28. The second-order valence-electron chi connectivity index (χ2n) is 1.33. The monoisotopic (exact) mass is 162 g/mol. The van der Waals surface area contributed by atoms with Gasteiger partial charge in [0.15, 0.2) is 0 Å². The zero-order chi connectivity index (χ0) is 7.82. The first-order chi connectivity index (χ1) is 4.81. The molecule has 58 valence electrons. The summed E-state index contributed by atoms with van der Waals surface area (Å²) in [5, 5.41) is 3.68. The van der Waals surface area contributed by atoms with Crippen LogP contribution in [-0.2, 0) is 4.74 Å². The minimum absolute atomic E-state index is 0.354. The lowest BCUT2D eigenvalue weighted by atomic mass is 11.1. The summed E-state index contributed by atoms with van der Waals surface area (Å²) < 4.78 is 4.66. The Hall–Kier alpha value is -0.720. The first-order valence-electron chi connectivity index (χ1n) is 2.54. The van der Waals surface area contributed by atoms with Crippen molar-refractivity contribution >= 4 is 24.0 Å². The number of thiocarbonyl (C=S) groups is 1. The van der Waals surface area contributed by atoms with Gasteiger partial charge in [-0.2, -0.15) is 5.10 Å². The standard InChI is InChI=1S/C4H10N4OS/c1-5-7-4(10)8-6-3-9-2/h6H,1,3H2,2H3,(H2,7,8,10). The van der Waals surface area contributed by atoms with E-state index in [2.05, 4.69) is 32.8 Å². The SMILES string of the molecule is C=NNC(=S)NNCOC. The molecule has 0 aromatic heterocycles. The van der Waals surface area contributed by atoms with Crippen molar-refractivity contribution in [1.29, 1.82) is 0 Å². The predicted octanol–water partition coefficient (Wildman–Crippen LogP) is -0.825. The number of hydrazone groups is 1. The number of hydrazine groups is 1. The van der Waals surface area contributed by atoms with Gasteiger partial charge in [-0.05, 0) is 12.2 Å². The van der Waals surface area contributed by atoms with Gasteiger partial charge in [-0.25, -0.2) is 5.43 Å². The molecule has 0 aromatic rings. The zero-order valence-electron chi connectivity index (χ0n) is 5.68. The van der Waals surface area contributed by atoms with Crippen LogP contribution in [0.25, 0.3) is 0 Å². The summed E-state index contributed by atoms with van der Waals surface area (Å²) in [4.78, 5) is 0. The molecule has 0 saturated heterocycles. The van der Waals surface area contributed by atoms with Gasteiger partial charge in [0.25, 0.3) is 0 Å². The van der Waals surface area contributed by atoms with Crippen LogP contribution in [0.5, 0.6) is 0 Å². The number of methoxy groups -OCH3 is 1. The van der Waals surface area contributed by atoms with Gasteiger partial charge in [0.2, 0.25) is 5.11 Å². The average Bonchev–Trinajstić information content (AvgIpc) is 1.89. The Bertz CT molecular complexity index is 118. The van der Waals surface area contributed by atoms with Crippen LogP contribution in [-0.4, -0.2) is 25.7 Å². The van der Waals surface area contributed by atoms with E-state index in [9.17, 15) is 0 Å². The Balaban J connectivity index is 3.13. The second-order valence-corrected chi connectivity index (χ2v) is 1.74. The van der Waals surface area contributed by atoms with Crippen LogP contribution in [0.1, 0.15) is 0 Å². The van der Waals surface area contributed by atoms with Crippen LogP contribution in [0, 0.1) is 0 Å². The molecule has 0 spiro atoms. The number of hydrogen-bond acceptors (Lipinski definition) is 4. The van der Waals surface area contributed by atoms with Crippen molar-refractivity contribution < 1.29 is 4.74 Å². The second kappa shape index (κ2) is 6.40. The molecule has 10 heavy (non-hydrogen) atoms. The van der Waals surface area contributed by atoms with Gasteiger partial charge >= 0.3 is 0 Å². The van der Waals surface area contributed by atoms with E-state index in [1.165, 1.54) is 0 Å². The van der Waals surface area contributed by atoms with Crippen molar-refractivity contribution in [2.75, 3.05) is 13.8 Å². The molecule has 0 heterocycles. The normalized spacial score (nSPS) is 8.50. The summed E-state index contributed by atoms with van der Waals surface area (Å²) in [6.07, 6.45) is 0. The van der Waals surface area contributed by atoms with Gasteiger partial charge in [0.05, 0.1) is 0 Å². The minimum atomic E-state index is 0.354. The summed E-state index contributed by atoms with van der Waals surface area (Å²) in [6.45, 7) is 3.56. The lowest BCUT2D eigenvalue weighted by Gasteiger charge is -2.06. The van der Waals surface area contributed by atoms with Crippen molar-refractivity contribution in [2.45, 2.75) is 0 Å². The van der Waals surface area contributed by atoms with Gasteiger partial charge in [-0.15, -0.1) is 0 Å². The van der Waals surface area contributed by atoms with Crippen molar-refractivity contribution in [2.24, 2.45) is 5.10 Å². The lowest BCUT2D eigenvalue weighted by Crippen LogP contribution is -2.42.